The lowest BCUT2D eigenvalue weighted by Crippen LogP contribution is -2.37. The van der Waals surface area contributed by atoms with Gasteiger partial charge >= 0.3 is 19.8 Å². The van der Waals surface area contributed by atoms with Gasteiger partial charge in [0.1, 0.15) is 19.8 Å². The zero-order valence-corrected chi connectivity index (χ0v) is 60.6. The molecule has 0 heterocycles. The third kappa shape index (κ3) is 73.5. The van der Waals surface area contributed by atoms with E-state index in [0.29, 0.717) is 17.4 Å². The molecule has 0 saturated carbocycles. The Hall–Kier alpha value is -1.51. The summed E-state index contributed by atoms with van der Waals surface area (Å²) in [4.78, 5) is 35.9. The number of unbranched alkanes of at least 4 members (excludes halogenated alkanes) is 56. The van der Waals surface area contributed by atoms with Crippen molar-refractivity contribution < 1.29 is 42.1 Å². The number of phosphoric ester groups is 1. The van der Waals surface area contributed by atoms with Crippen LogP contribution in [0.15, 0.2) is 24.3 Å². The molecular formula is C78H153NO8P+. The van der Waals surface area contributed by atoms with Crippen LogP contribution in [0.1, 0.15) is 412 Å². The van der Waals surface area contributed by atoms with Crippen molar-refractivity contribution in [3.63, 3.8) is 0 Å². The van der Waals surface area contributed by atoms with Gasteiger partial charge in [0.05, 0.1) is 27.7 Å². The van der Waals surface area contributed by atoms with Crippen LogP contribution in [-0.4, -0.2) is 74.9 Å². The van der Waals surface area contributed by atoms with Crippen LogP contribution in [0.25, 0.3) is 0 Å². The van der Waals surface area contributed by atoms with Crippen LogP contribution in [-0.2, 0) is 32.7 Å². The molecule has 0 aromatic carbocycles. The van der Waals surface area contributed by atoms with Gasteiger partial charge in [-0.1, -0.05) is 378 Å². The number of allylic oxidation sites excluding steroid dienone is 4. The number of rotatable bonds is 74. The molecule has 0 aromatic heterocycles. The van der Waals surface area contributed by atoms with Gasteiger partial charge in [-0.05, 0) is 44.9 Å². The lowest BCUT2D eigenvalue weighted by molar-refractivity contribution is -0.870. The van der Waals surface area contributed by atoms with Crippen LogP contribution in [0.3, 0.4) is 0 Å². The lowest BCUT2D eigenvalue weighted by Gasteiger charge is -2.24. The van der Waals surface area contributed by atoms with Crippen molar-refractivity contribution in [2.45, 2.75) is 418 Å². The summed E-state index contributed by atoms with van der Waals surface area (Å²) in [5.74, 6) is -0.768. The average molecular weight is 1260 g/mol. The van der Waals surface area contributed by atoms with Crippen LogP contribution in [0, 0.1) is 0 Å². The van der Waals surface area contributed by atoms with Crippen molar-refractivity contribution in [1.82, 2.24) is 0 Å². The van der Waals surface area contributed by atoms with E-state index < -0.39 is 26.5 Å². The summed E-state index contributed by atoms with van der Waals surface area (Å²) in [5, 5.41) is 0. The topological polar surface area (TPSA) is 108 Å². The Balaban J connectivity index is 3.90. The summed E-state index contributed by atoms with van der Waals surface area (Å²) in [6.45, 7) is 4.51. The second-order valence-electron chi connectivity index (χ2n) is 28.1. The number of quaternary nitrogens is 1. The van der Waals surface area contributed by atoms with Crippen molar-refractivity contribution in [2.75, 3.05) is 47.5 Å². The summed E-state index contributed by atoms with van der Waals surface area (Å²) < 4.78 is 34.8. The van der Waals surface area contributed by atoms with Crippen molar-refractivity contribution in [2.24, 2.45) is 0 Å². The van der Waals surface area contributed by atoms with Crippen molar-refractivity contribution in [3.8, 4) is 0 Å². The number of hydrogen-bond donors (Lipinski definition) is 1. The summed E-state index contributed by atoms with van der Waals surface area (Å²) in [7, 11) is 1.51. The molecule has 0 bridgehead atoms. The van der Waals surface area contributed by atoms with Crippen LogP contribution in [0.2, 0.25) is 0 Å². The van der Waals surface area contributed by atoms with E-state index in [1.165, 1.54) is 340 Å². The predicted octanol–water partition coefficient (Wildman–Crippen LogP) is 25.6. The fourth-order valence-corrected chi connectivity index (χ4v) is 12.7. The number of nitrogens with zero attached hydrogens (tertiary/aromatic N) is 1. The van der Waals surface area contributed by atoms with E-state index in [0.717, 1.165) is 44.9 Å². The van der Waals surface area contributed by atoms with Gasteiger partial charge in [-0.25, -0.2) is 4.57 Å². The van der Waals surface area contributed by atoms with Crippen molar-refractivity contribution in [3.05, 3.63) is 24.3 Å². The summed E-state index contributed by atoms with van der Waals surface area (Å²) in [6, 6.07) is 0. The van der Waals surface area contributed by atoms with E-state index in [1.54, 1.807) is 0 Å². The second kappa shape index (κ2) is 69.8. The van der Waals surface area contributed by atoms with E-state index in [-0.39, 0.29) is 25.6 Å². The van der Waals surface area contributed by atoms with Gasteiger partial charge in [0.15, 0.2) is 6.10 Å². The van der Waals surface area contributed by atoms with Crippen molar-refractivity contribution in [1.29, 1.82) is 0 Å². The minimum atomic E-state index is -4.39. The largest absolute Gasteiger partial charge is 0.472 e. The minimum Gasteiger partial charge on any atom is -0.462 e. The van der Waals surface area contributed by atoms with E-state index in [1.807, 2.05) is 21.1 Å². The molecule has 0 rings (SSSR count). The van der Waals surface area contributed by atoms with Gasteiger partial charge < -0.3 is 18.9 Å². The molecule has 88 heavy (non-hydrogen) atoms. The number of phosphoric acid groups is 1. The molecule has 9 nitrogen and oxygen atoms in total. The van der Waals surface area contributed by atoms with E-state index >= 15 is 0 Å². The standard InChI is InChI=1S/C78H152NO8P/c1-6-8-10-12-14-16-18-20-22-24-26-28-30-32-34-35-36-37-38-39-40-41-42-43-45-47-49-51-53-55-57-59-61-63-65-67-69-71-78(81)87-76(75-86-88(82,83)85-73-72-79(3,4)5)74-84-77(80)70-68-66-64-62-60-58-56-54-52-50-48-46-44-33-31-29-27-25-23-21-19-17-15-13-11-9-7-2/h18,20,24,26,76H,6-17,19,21-23,25,27-75H2,1-5H3/p+1/b20-18-,26-24-. The average Bonchev–Trinajstić information content (AvgIpc) is 3.68. The van der Waals surface area contributed by atoms with Crippen LogP contribution >= 0.6 is 7.82 Å². The fraction of sp³-hybridized carbons (Fsp3) is 0.923. The lowest BCUT2D eigenvalue weighted by atomic mass is 10.0. The van der Waals surface area contributed by atoms with E-state index in [9.17, 15) is 19.0 Å². The molecule has 0 aromatic rings. The molecule has 0 radical (unpaired) electrons. The first kappa shape index (κ1) is 86.5. The highest BCUT2D eigenvalue weighted by molar-refractivity contribution is 7.47. The van der Waals surface area contributed by atoms with Crippen LogP contribution in [0.5, 0.6) is 0 Å². The summed E-state index contributed by atoms with van der Waals surface area (Å²) in [5.41, 5.74) is 0. The third-order valence-corrected chi connectivity index (χ3v) is 19.0. The highest BCUT2D eigenvalue weighted by Crippen LogP contribution is 2.43. The summed E-state index contributed by atoms with van der Waals surface area (Å²) in [6.07, 6.45) is 89.0. The monoisotopic (exact) mass is 1260 g/mol. The Morgan fingerprint density at radius 3 is 0.898 bits per heavy atom. The van der Waals surface area contributed by atoms with E-state index in [2.05, 4.69) is 38.2 Å². The molecule has 0 aliphatic carbocycles. The van der Waals surface area contributed by atoms with Gasteiger partial charge in [-0.2, -0.15) is 0 Å². The number of esters is 2. The van der Waals surface area contributed by atoms with Gasteiger partial charge in [0.25, 0.3) is 0 Å². The molecule has 1 N–H and O–H groups in total. The summed E-state index contributed by atoms with van der Waals surface area (Å²) >= 11 is 0. The maximum atomic E-state index is 12.9. The molecule has 2 atom stereocenters. The van der Waals surface area contributed by atoms with Crippen LogP contribution < -0.4 is 0 Å². The Bertz CT molecular complexity index is 1530. The normalized spacial score (nSPS) is 13.1. The molecule has 0 amide bonds. The van der Waals surface area contributed by atoms with Crippen LogP contribution in [0.4, 0.5) is 0 Å². The SMILES string of the molecule is CCCCCCC/C=C\C/C=C\CCCCCCCCCCCCCCCCCCCCCCCCCCCC(=O)OC(COC(=O)CCCCCCCCCCCCCCCCCCCCCCCCCCCCC)COP(=O)(O)OCC[N+](C)(C)C. The maximum Gasteiger partial charge on any atom is 0.472 e. The van der Waals surface area contributed by atoms with E-state index in [4.69, 9.17) is 18.5 Å². The van der Waals surface area contributed by atoms with Crippen molar-refractivity contribution >= 4 is 19.8 Å². The first-order chi connectivity index (χ1) is 43.0. The molecule has 0 spiro atoms. The Morgan fingerprint density at radius 1 is 0.352 bits per heavy atom. The Labute approximate surface area is 549 Å². The molecular weight excluding hydrogens is 1110 g/mol. The molecule has 522 valence electrons. The maximum absolute atomic E-state index is 12.9. The van der Waals surface area contributed by atoms with Gasteiger partial charge in [-0.15, -0.1) is 0 Å². The fourth-order valence-electron chi connectivity index (χ4n) is 12.0. The van der Waals surface area contributed by atoms with Gasteiger partial charge in [0.2, 0.25) is 0 Å². The second-order valence-corrected chi connectivity index (χ2v) is 29.6. The van der Waals surface area contributed by atoms with Gasteiger partial charge in [0, 0.05) is 12.8 Å². The first-order valence-corrected chi connectivity index (χ1v) is 40.6. The minimum absolute atomic E-state index is 0.0364. The number of ether oxygens (including phenoxy) is 2. The predicted molar refractivity (Wildman–Crippen MR) is 381 cm³/mol. The molecule has 2 unspecified atom stereocenters. The van der Waals surface area contributed by atoms with Gasteiger partial charge in [-0.3, -0.25) is 18.6 Å². The quantitative estimate of drug-likeness (QED) is 0.0211. The number of hydrogen-bond acceptors (Lipinski definition) is 7. The number of carbonyl (C=O) groups is 2. The smallest absolute Gasteiger partial charge is 0.462 e. The highest BCUT2D eigenvalue weighted by atomic mass is 31.2. The molecule has 0 fully saturated rings. The zero-order valence-electron chi connectivity index (χ0n) is 59.8. The number of carbonyl (C=O) groups excluding carboxylic acids is 2. The Morgan fingerprint density at radius 2 is 0.614 bits per heavy atom. The third-order valence-electron chi connectivity index (χ3n) is 18.0. The Kier molecular flexibility index (Phi) is 68.6. The molecule has 0 saturated heterocycles. The molecule has 10 heteroatoms. The molecule has 0 aliphatic rings. The molecule has 0 aliphatic heterocycles. The zero-order chi connectivity index (χ0) is 64.1. The highest BCUT2D eigenvalue weighted by Gasteiger charge is 2.27. The number of likely N-dealkylation sites (N-methyl/N-ethyl adjacent to an activating group) is 1. The first-order valence-electron chi connectivity index (χ1n) is 39.1.